The molecule has 21 heavy (non-hydrogen) atoms. The molecule has 1 N–H and O–H groups in total. The van der Waals surface area contributed by atoms with Crippen LogP contribution in [0.25, 0.3) is 0 Å². The highest BCUT2D eigenvalue weighted by Gasteiger charge is 2.10. The molecule has 0 bridgehead atoms. The van der Waals surface area contributed by atoms with E-state index in [1.807, 2.05) is 6.07 Å². The highest BCUT2D eigenvalue weighted by atomic mass is 127. The van der Waals surface area contributed by atoms with Crippen LogP contribution in [0.5, 0.6) is 0 Å². The fourth-order valence-electron chi connectivity index (χ4n) is 2.21. The number of anilines is 3. The zero-order valence-electron chi connectivity index (χ0n) is 11.4. The summed E-state index contributed by atoms with van der Waals surface area (Å²) in [4.78, 5) is 6.60. The summed E-state index contributed by atoms with van der Waals surface area (Å²) in [5.74, 6) is 0.794. The van der Waals surface area contributed by atoms with Crippen molar-refractivity contribution in [1.29, 1.82) is 0 Å². The molecule has 1 aliphatic heterocycles. The number of hydrogen-bond acceptors (Lipinski definition) is 4. The molecule has 6 heteroatoms. The van der Waals surface area contributed by atoms with Crippen LogP contribution in [0, 0.1) is 3.57 Å². The molecule has 110 valence electrons. The van der Waals surface area contributed by atoms with Crippen LogP contribution >= 0.6 is 34.2 Å². The molecule has 0 amide bonds. The second-order valence-electron chi connectivity index (χ2n) is 4.75. The highest BCUT2D eigenvalue weighted by Crippen LogP contribution is 2.24. The van der Waals surface area contributed by atoms with Crippen molar-refractivity contribution in [2.45, 2.75) is 0 Å². The summed E-state index contributed by atoms with van der Waals surface area (Å²) in [6.07, 6.45) is 1.66. The van der Waals surface area contributed by atoms with Crippen molar-refractivity contribution in [3.05, 3.63) is 45.1 Å². The fourth-order valence-corrected chi connectivity index (χ4v) is 2.75. The van der Waals surface area contributed by atoms with E-state index in [1.165, 1.54) is 5.69 Å². The highest BCUT2D eigenvalue weighted by molar-refractivity contribution is 14.1. The second kappa shape index (κ2) is 6.81. The van der Waals surface area contributed by atoms with Gasteiger partial charge in [-0.2, -0.15) is 0 Å². The zero-order valence-corrected chi connectivity index (χ0v) is 14.3. The van der Waals surface area contributed by atoms with Gasteiger partial charge in [0.1, 0.15) is 5.82 Å². The van der Waals surface area contributed by atoms with E-state index in [2.05, 4.69) is 62.1 Å². The van der Waals surface area contributed by atoms with Crippen LogP contribution in [0.3, 0.4) is 0 Å². The molecule has 1 saturated heterocycles. The summed E-state index contributed by atoms with van der Waals surface area (Å²) in [5, 5.41) is 3.95. The van der Waals surface area contributed by atoms with Crippen LogP contribution in [0.1, 0.15) is 0 Å². The predicted molar refractivity (Wildman–Crippen MR) is 94.7 cm³/mol. The predicted octanol–water partition coefficient (Wildman–Crippen LogP) is 3.92. The Morgan fingerprint density at radius 3 is 2.57 bits per heavy atom. The van der Waals surface area contributed by atoms with Crippen molar-refractivity contribution in [2.75, 3.05) is 36.5 Å². The molecule has 0 radical (unpaired) electrons. The molecule has 0 saturated carbocycles. The molecular formula is C15H15ClIN3O. The Labute approximate surface area is 142 Å². The number of rotatable bonds is 3. The minimum Gasteiger partial charge on any atom is -0.378 e. The SMILES string of the molecule is Clc1cnc(Nc2ccc(N3CCOCC3)cc2)cc1I. The molecule has 1 aromatic carbocycles. The number of halogens is 2. The molecular weight excluding hydrogens is 401 g/mol. The second-order valence-corrected chi connectivity index (χ2v) is 6.32. The van der Waals surface area contributed by atoms with Crippen molar-refractivity contribution < 1.29 is 4.74 Å². The lowest BCUT2D eigenvalue weighted by Gasteiger charge is -2.28. The van der Waals surface area contributed by atoms with Crippen molar-refractivity contribution in [3.63, 3.8) is 0 Å². The van der Waals surface area contributed by atoms with E-state index in [0.29, 0.717) is 5.02 Å². The van der Waals surface area contributed by atoms with Gasteiger partial charge in [-0.3, -0.25) is 0 Å². The van der Waals surface area contributed by atoms with Crippen LogP contribution in [-0.4, -0.2) is 31.3 Å². The van der Waals surface area contributed by atoms with Crippen LogP contribution in [0.4, 0.5) is 17.2 Å². The van der Waals surface area contributed by atoms with E-state index >= 15 is 0 Å². The molecule has 0 spiro atoms. The van der Waals surface area contributed by atoms with Gasteiger partial charge in [0.25, 0.3) is 0 Å². The number of pyridine rings is 1. The number of morpholine rings is 1. The van der Waals surface area contributed by atoms with Gasteiger partial charge in [-0.05, 0) is 52.9 Å². The third-order valence-corrected chi connectivity index (χ3v) is 4.84. The third-order valence-electron chi connectivity index (χ3n) is 3.32. The molecule has 0 aliphatic carbocycles. The number of benzene rings is 1. The van der Waals surface area contributed by atoms with E-state index in [9.17, 15) is 0 Å². The summed E-state index contributed by atoms with van der Waals surface area (Å²) in [7, 11) is 0. The van der Waals surface area contributed by atoms with Crippen LogP contribution in [-0.2, 0) is 4.74 Å². The molecule has 1 fully saturated rings. The molecule has 2 aromatic rings. The summed E-state index contributed by atoms with van der Waals surface area (Å²) in [6, 6.07) is 10.3. The van der Waals surface area contributed by atoms with Gasteiger partial charge >= 0.3 is 0 Å². The quantitative estimate of drug-likeness (QED) is 0.771. The van der Waals surface area contributed by atoms with Gasteiger partial charge in [0, 0.05) is 34.2 Å². The molecule has 3 rings (SSSR count). The van der Waals surface area contributed by atoms with E-state index in [4.69, 9.17) is 16.3 Å². The van der Waals surface area contributed by atoms with Gasteiger partial charge < -0.3 is 15.0 Å². The van der Waals surface area contributed by atoms with Gasteiger partial charge in [-0.25, -0.2) is 4.98 Å². The maximum Gasteiger partial charge on any atom is 0.131 e. The summed E-state index contributed by atoms with van der Waals surface area (Å²) in [6.45, 7) is 3.49. The number of nitrogens with zero attached hydrogens (tertiary/aromatic N) is 2. The first kappa shape index (κ1) is 14.9. The smallest absolute Gasteiger partial charge is 0.131 e. The van der Waals surface area contributed by atoms with E-state index < -0.39 is 0 Å². The van der Waals surface area contributed by atoms with Gasteiger partial charge in [-0.1, -0.05) is 11.6 Å². The minimum absolute atomic E-state index is 0.670. The maximum atomic E-state index is 5.98. The standard InChI is InChI=1S/C15H15ClIN3O/c16-13-10-18-15(9-14(13)17)19-11-1-3-12(4-2-11)20-5-7-21-8-6-20/h1-4,9-10H,5-8H2,(H,18,19). The Morgan fingerprint density at radius 2 is 1.90 bits per heavy atom. The average molecular weight is 416 g/mol. The van der Waals surface area contributed by atoms with Crippen molar-refractivity contribution in [2.24, 2.45) is 0 Å². The molecule has 0 atom stereocenters. The summed E-state index contributed by atoms with van der Waals surface area (Å²) in [5.41, 5.74) is 2.24. The Kier molecular flexibility index (Phi) is 4.82. The van der Waals surface area contributed by atoms with Crippen molar-refractivity contribution in [1.82, 2.24) is 4.98 Å². The van der Waals surface area contributed by atoms with Crippen LogP contribution < -0.4 is 10.2 Å². The van der Waals surface area contributed by atoms with Gasteiger partial charge in [0.2, 0.25) is 0 Å². The lowest BCUT2D eigenvalue weighted by Crippen LogP contribution is -2.36. The minimum atomic E-state index is 0.670. The van der Waals surface area contributed by atoms with Gasteiger partial charge in [0.05, 0.1) is 18.2 Å². The number of ether oxygens (including phenoxy) is 1. The fraction of sp³-hybridized carbons (Fsp3) is 0.267. The van der Waals surface area contributed by atoms with E-state index in [-0.39, 0.29) is 0 Å². The first-order valence-electron chi connectivity index (χ1n) is 6.73. The van der Waals surface area contributed by atoms with Crippen LogP contribution in [0.15, 0.2) is 36.5 Å². The Hall–Kier alpha value is -1.05. The molecule has 1 aliphatic rings. The lowest BCUT2D eigenvalue weighted by atomic mass is 10.2. The first-order valence-corrected chi connectivity index (χ1v) is 8.19. The largest absolute Gasteiger partial charge is 0.378 e. The third kappa shape index (κ3) is 3.78. The topological polar surface area (TPSA) is 37.4 Å². The normalized spacial score (nSPS) is 15.0. The molecule has 0 unspecified atom stereocenters. The molecule has 2 heterocycles. The van der Waals surface area contributed by atoms with E-state index in [0.717, 1.165) is 41.4 Å². The Morgan fingerprint density at radius 1 is 1.19 bits per heavy atom. The number of nitrogens with one attached hydrogen (secondary N) is 1. The Bertz CT molecular complexity index is 615. The van der Waals surface area contributed by atoms with E-state index in [1.54, 1.807) is 6.20 Å². The Balaban J connectivity index is 1.70. The monoisotopic (exact) mass is 415 g/mol. The number of aromatic nitrogens is 1. The average Bonchev–Trinajstić information content (AvgIpc) is 2.53. The first-order chi connectivity index (χ1) is 10.2. The zero-order chi connectivity index (χ0) is 14.7. The van der Waals surface area contributed by atoms with Crippen molar-refractivity contribution in [3.8, 4) is 0 Å². The van der Waals surface area contributed by atoms with Crippen molar-refractivity contribution >= 4 is 51.4 Å². The van der Waals surface area contributed by atoms with Gasteiger partial charge in [-0.15, -0.1) is 0 Å². The molecule has 4 nitrogen and oxygen atoms in total. The molecule has 1 aromatic heterocycles. The summed E-state index contributed by atoms with van der Waals surface area (Å²) >= 11 is 8.17. The lowest BCUT2D eigenvalue weighted by molar-refractivity contribution is 0.122. The van der Waals surface area contributed by atoms with Crippen LogP contribution in [0.2, 0.25) is 5.02 Å². The number of hydrogen-bond donors (Lipinski definition) is 1. The summed E-state index contributed by atoms with van der Waals surface area (Å²) < 4.78 is 6.35. The van der Waals surface area contributed by atoms with Gasteiger partial charge in [0.15, 0.2) is 0 Å². The maximum absolute atomic E-state index is 5.98.